The van der Waals surface area contributed by atoms with Gasteiger partial charge in [0.05, 0.1) is 0 Å². The highest BCUT2D eigenvalue weighted by Gasteiger charge is 2.38. The summed E-state index contributed by atoms with van der Waals surface area (Å²) in [5.41, 5.74) is 2.40. The summed E-state index contributed by atoms with van der Waals surface area (Å²) in [6, 6.07) is 8.87. The molecule has 2 aliphatic rings. The molecule has 1 fully saturated rings. The highest BCUT2D eigenvalue weighted by atomic mass is 19.3. The van der Waals surface area contributed by atoms with Crippen molar-refractivity contribution in [3.63, 3.8) is 0 Å². The number of fused-ring (bicyclic) bond motifs is 1. The fraction of sp³-hybridized carbons (Fsp3) is 0.562. The summed E-state index contributed by atoms with van der Waals surface area (Å²) >= 11 is 0. The highest BCUT2D eigenvalue weighted by Crippen LogP contribution is 2.37. The van der Waals surface area contributed by atoms with Crippen LogP contribution in [0.4, 0.5) is 8.78 Å². The van der Waals surface area contributed by atoms with Crippen LogP contribution in [0.5, 0.6) is 0 Å². The van der Waals surface area contributed by atoms with E-state index in [2.05, 4.69) is 6.07 Å². The lowest BCUT2D eigenvalue weighted by molar-refractivity contribution is -0.140. The van der Waals surface area contributed by atoms with Crippen LogP contribution in [0.15, 0.2) is 18.2 Å². The maximum absolute atomic E-state index is 13.2. The predicted molar refractivity (Wildman–Crippen MR) is 71.3 cm³/mol. The van der Waals surface area contributed by atoms with Gasteiger partial charge in [0.15, 0.2) is 0 Å². The summed E-state index contributed by atoms with van der Waals surface area (Å²) in [5, 5.41) is 0. The second-order valence-corrected chi connectivity index (χ2v) is 5.83. The molecule has 0 atom stereocenters. The lowest BCUT2D eigenvalue weighted by atomic mass is 9.85. The van der Waals surface area contributed by atoms with Crippen molar-refractivity contribution < 1.29 is 13.6 Å². The van der Waals surface area contributed by atoms with E-state index in [-0.39, 0.29) is 24.7 Å². The van der Waals surface area contributed by atoms with Crippen LogP contribution in [0.3, 0.4) is 0 Å². The SMILES string of the molecule is O=C(C1CCC(F)(F)CC1)N1CCc2c[c]ccc2C1. The van der Waals surface area contributed by atoms with Gasteiger partial charge in [0.1, 0.15) is 0 Å². The number of halogens is 2. The number of carbonyl (C=O) groups excluding carboxylic acids is 1. The Morgan fingerprint density at radius 3 is 2.80 bits per heavy atom. The molecule has 1 aromatic rings. The van der Waals surface area contributed by atoms with E-state index in [0.29, 0.717) is 25.9 Å². The van der Waals surface area contributed by atoms with Gasteiger partial charge in [-0.25, -0.2) is 8.78 Å². The molecule has 1 saturated carbocycles. The Morgan fingerprint density at radius 2 is 2.05 bits per heavy atom. The van der Waals surface area contributed by atoms with Gasteiger partial charge in [-0.1, -0.05) is 18.2 Å². The van der Waals surface area contributed by atoms with Crippen LogP contribution in [0.1, 0.15) is 36.8 Å². The van der Waals surface area contributed by atoms with E-state index >= 15 is 0 Å². The third-order valence-corrected chi connectivity index (χ3v) is 4.44. The first kappa shape index (κ1) is 13.5. The molecule has 1 aromatic carbocycles. The molecular formula is C16H18F2NO. The van der Waals surface area contributed by atoms with Crippen LogP contribution in [-0.4, -0.2) is 23.3 Å². The molecule has 0 bridgehead atoms. The number of amides is 1. The molecule has 1 amide bonds. The minimum atomic E-state index is -2.57. The molecule has 0 N–H and O–H groups in total. The standard InChI is InChI=1S/C16H18F2NO/c17-16(18)8-5-13(6-9-16)15(20)19-10-7-12-3-1-2-4-14(12)11-19/h2-4,13H,5-11H2. The van der Waals surface area contributed by atoms with E-state index < -0.39 is 5.92 Å². The molecular weight excluding hydrogens is 260 g/mol. The van der Waals surface area contributed by atoms with Crippen molar-refractivity contribution in [3.8, 4) is 0 Å². The summed E-state index contributed by atoms with van der Waals surface area (Å²) in [7, 11) is 0. The third kappa shape index (κ3) is 2.69. The zero-order valence-electron chi connectivity index (χ0n) is 11.4. The van der Waals surface area contributed by atoms with E-state index in [1.807, 2.05) is 23.1 Å². The number of hydrogen-bond donors (Lipinski definition) is 0. The van der Waals surface area contributed by atoms with Crippen molar-refractivity contribution >= 4 is 5.91 Å². The number of nitrogens with zero attached hydrogens (tertiary/aromatic N) is 1. The molecule has 0 unspecified atom stereocenters. The summed E-state index contributed by atoms with van der Waals surface area (Å²) in [5.74, 6) is -2.73. The van der Waals surface area contributed by atoms with E-state index in [1.165, 1.54) is 5.56 Å². The maximum atomic E-state index is 13.2. The molecule has 1 radical (unpaired) electrons. The Balaban J connectivity index is 1.65. The normalized spacial score (nSPS) is 22.4. The second kappa shape index (κ2) is 5.15. The number of hydrogen-bond acceptors (Lipinski definition) is 1. The average molecular weight is 278 g/mol. The fourth-order valence-electron chi connectivity index (χ4n) is 3.16. The van der Waals surface area contributed by atoms with Crippen molar-refractivity contribution in [2.24, 2.45) is 5.92 Å². The Hall–Kier alpha value is -1.45. The molecule has 1 aliphatic carbocycles. The van der Waals surface area contributed by atoms with Gasteiger partial charge in [0.25, 0.3) is 0 Å². The number of carbonyl (C=O) groups is 1. The number of rotatable bonds is 1. The van der Waals surface area contributed by atoms with Gasteiger partial charge < -0.3 is 4.90 Å². The van der Waals surface area contributed by atoms with E-state index in [9.17, 15) is 13.6 Å². The number of alkyl halides is 2. The van der Waals surface area contributed by atoms with Gasteiger partial charge in [0, 0.05) is 31.8 Å². The first-order chi connectivity index (χ1) is 9.55. The van der Waals surface area contributed by atoms with E-state index in [4.69, 9.17) is 0 Å². The van der Waals surface area contributed by atoms with Crippen LogP contribution in [0.2, 0.25) is 0 Å². The molecule has 1 heterocycles. The maximum Gasteiger partial charge on any atom is 0.248 e. The summed E-state index contributed by atoms with van der Waals surface area (Å²) < 4.78 is 26.3. The van der Waals surface area contributed by atoms with Crippen LogP contribution in [0, 0.1) is 12.0 Å². The van der Waals surface area contributed by atoms with Gasteiger partial charge in [-0.05, 0) is 36.5 Å². The van der Waals surface area contributed by atoms with Crippen LogP contribution in [0.25, 0.3) is 0 Å². The Kier molecular flexibility index (Phi) is 3.48. The zero-order chi connectivity index (χ0) is 14.2. The smallest absolute Gasteiger partial charge is 0.248 e. The number of benzene rings is 1. The van der Waals surface area contributed by atoms with Crippen LogP contribution < -0.4 is 0 Å². The minimum absolute atomic E-state index is 0.0546. The first-order valence-electron chi connectivity index (χ1n) is 7.20. The van der Waals surface area contributed by atoms with E-state index in [1.54, 1.807) is 0 Å². The van der Waals surface area contributed by atoms with Crippen LogP contribution >= 0.6 is 0 Å². The Labute approximate surface area is 117 Å². The van der Waals surface area contributed by atoms with Crippen molar-refractivity contribution in [1.82, 2.24) is 4.90 Å². The quantitative estimate of drug-likeness (QED) is 0.772. The molecule has 1 aliphatic heterocycles. The summed E-state index contributed by atoms with van der Waals surface area (Å²) in [6.07, 6.45) is 1.17. The van der Waals surface area contributed by atoms with Crippen molar-refractivity contribution in [3.05, 3.63) is 35.4 Å². The average Bonchev–Trinajstić information content (AvgIpc) is 2.46. The molecule has 3 rings (SSSR count). The van der Waals surface area contributed by atoms with Gasteiger partial charge in [-0.2, -0.15) is 0 Å². The summed E-state index contributed by atoms with van der Waals surface area (Å²) in [4.78, 5) is 14.3. The minimum Gasteiger partial charge on any atom is -0.338 e. The van der Waals surface area contributed by atoms with Crippen molar-refractivity contribution in [2.75, 3.05) is 6.54 Å². The molecule has 0 spiro atoms. The van der Waals surface area contributed by atoms with Gasteiger partial charge in [0.2, 0.25) is 11.8 Å². The van der Waals surface area contributed by atoms with E-state index in [0.717, 1.165) is 12.0 Å². The molecule has 0 saturated heterocycles. The van der Waals surface area contributed by atoms with Crippen molar-refractivity contribution in [1.29, 1.82) is 0 Å². The third-order valence-electron chi connectivity index (χ3n) is 4.44. The molecule has 20 heavy (non-hydrogen) atoms. The van der Waals surface area contributed by atoms with Gasteiger partial charge >= 0.3 is 0 Å². The molecule has 107 valence electrons. The second-order valence-electron chi connectivity index (χ2n) is 5.83. The molecule has 0 aromatic heterocycles. The lowest BCUT2D eigenvalue weighted by Gasteiger charge is -2.34. The summed E-state index contributed by atoms with van der Waals surface area (Å²) in [6.45, 7) is 1.30. The highest BCUT2D eigenvalue weighted by molar-refractivity contribution is 5.79. The Morgan fingerprint density at radius 1 is 1.30 bits per heavy atom. The van der Waals surface area contributed by atoms with Crippen LogP contribution in [-0.2, 0) is 17.8 Å². The Bertz CT molecular complexity index is 505. The predicted octanol–water partition coefficient (Wildman–Crippen LogP) is 3.20. The fourth-order valence-corrected chi connectivity index (χ4v) is 3.16. The van der Waals surface area contributed by atoms with Gasteiger partial charge in [-0.3, -0.25) is 4.79 Å². The largest absolute Gasteiger partial charge is 0.338 e. The first-order valence-corrected chi connectivity index (χ1v) is 7.20. The molecule has 4 heteroatoms. The topological polar surface area (TPSA) is 20.3 Å². The lowest BCUT2D eigenvalue weighted by Crippen LogP contribution is -2.41. The monoisotopic (exact) mass is 278 g/mol. The van der Waals surface area contributed by atoms with Gasteiger partial charge in [-0.15, -0.1) is 0 Å². The zero-order valence-corrected chi connectivity index (χ0v) is 11.4. The molecule has 2 nitrogen and oxygen atoms in total. The van der Waals surface area contributed by atoms with Crippen molar-refractivity contribution in [2.45, 2.75) is 44.6 Å².